The fraction of sp³-hybridized carbons (Fsp3) is 0.364. The third-order valence-electron chi connectivity index (χ3n) is 5.79. The van der Waals surface area contributed by atoms with Crippen molar-refractivity contribution in [3.05, 3.63) is 63.7 Å². The van der Waals surface area contributed by atoms with E-state index < -0.39 is 11.0 Å². The van der Waals surface area contributed by atoms with Gasteiger partial charge in [0.15, 0.2) is 0 Å². The average molecular weight is 409 g/mol. The van der Waals surface area contributed by atoms with Crippen LogP contribution in [-0.2, 0) is 4.79 Å². The number of piperidine rings is 1. The Morgan fingerprint density at radius 2 is 1.83 bits per heavy atom. The van der Waals surface area contributed by atoms with Crippen LogP contribution >= 0.6 is 0 Å². The van der Waals surface area contributed by atoms with Crippen LogP contribution in [0.1, 0.15) is 47.6 Å². The number of carbonyl (C=O) groups excluding carboxylic acids is 2. The van der Waals surface area contributed by atoms with Crippen LogP contribution in [0.4, 0.5) is 11.4 Å². The summed E-state index contributed by atoms with van der Waals surface area (Å²) in [6, 6.07) is 10.8. The highest BCUT2D eigenvalue weighted by Gasteiger charge is 2.40. The lowest BCUT2D eigenvalue weighted by Gasteiger charge is -2.30. The Bertz CT molecular complexity index is 983. The summed E-state index contributed by atoms with van der Waals surface area (Å²) >= 11 is 0. The second kappa shape index (κ2) is 8.14. The van der Waals surface area contributed by atoms with E-state index in [2.05, 4.69) is 0 Å². The van der Waals surface area contributed by atoms with Crippen LogP contribution in [0.25, 0.3) is 0 Å². The molecule has 1 fully saturated rings. The number of nitro benzene ring substituents is 1. The third-order valence-corrected chi connectivity index (χ3v) is 5.79. The van der Waals surface area contributed by atoms with Crippen molar-refractivity contribution in [3.8, 4) is 5.75 Å². The number of anilines is 1. The van der Waals surface area contributed by atoms with Crippen molar-refractivity contribution in [1.29, 1.82) is 0 Å². The molecular weight excluding hydrogens is 386 g/mol. The van der Waals surface area contributed by atoms with Crippen molar-refractivity contribution < 1.29 is 19.2 Å². The van der Waals surface area contributed by atoms with Gasteiger partial charge in [-0.3, -0.25) is 19.7 Å². The van der Waals surface area contributed by atoms with E-state index in [1.54, 1.807) is 42.3 Å². The number of methoxy groups -OCH3 is 1. The zero-order valence-electron chi connectivity index (χ0n) is 16.7. The van der Waals surface area contributed by atoms with Crippen molar-refractivity contribution in [2.45, 2.75) is 31.7 Å². The highest BCUT2D eigenvalue weighted by Crippen LogP contribution is 2.41. The summed E-state index contributed by atoms with van der Waals surface area (Å²) in [5.41, 5.74) is 1.40. The maximum atomic E-state index is 13.2. The Kier molecular flexibility index (Phi) is 5.39. The normalized spacial score (nSPS) is 18.3. The molecule has 1 unspecified atom stereocenters. The number of benzene rings is 2. The lowest BCUT2D eigenvalue weighted by Crippen LogP contribution is -2.38. The zero-order chi connectivity index (χ0) is 21.3. The Morgan fingerprint density at radius 3 is 2.47 bits per heavy atom. The van der Waals surface area contributed by atoms with Crippen LogP contribution in [0.3, 0.4) is 0 Å². The van der Waals surface area contributed by atoms with Crippen LogP contribution in [0, 0.1) is 10.1 Å². The second-order valence-electron chi connectivity index (χ2n) is 7.56. The zero-order valence-corrected chi connectivity index (χ0v) is 16.7. The summed E-state index contributed by atoms with van der Waals surface area (Å²) in [5, 5.41) is 11.2. The maximum absolute atomic E-state index is 13.2. The van der Waals surface area contributed by atoms with Crippen LogP contribution in [0.2, 0.25) is 0 Å². The van der Waals surface area contributed by atoms with E-state index in [1.807, 2.05) is 4.90 Å². The monoisotopic (exact) mass is 409 g/mol. The van der Waals surface area contributed by atoms with E-state index in [0.29, 0.717) is 17.0 Å². The van der Waals surface area contributed by atoms with Gasteiger partial charge in [0.25, 0.3) is 11.6 Å². The number of likely N-dealkylation sites (tertiary alicyclic amines) is 1. The molecule has 0 radical (unpaired) electrons. The van der Waals surface area contributed by atoms with E-state index in [9.17, 15) is 19.7 Å². The van der Waals surface area contributed by atoms with Gasteiger partial charge in [-0.1, -0.05) is 0 Å². The largest absolute Gasteiger partial charge is 0.497 e. The molecule has 30 heavy (non-hydrogen) atoms. The first-order chi connectivity index (χ1) is 14.5. The number of hydrogen-bond donors (Lipinski definition) is 0. The minimum Gasteiger partial charge on any atom is -0.497 e. The van der Waals surface area contributed by atoms with Gasteiger partial charge < -0.3 is 14.5 Å². The molecular formula is C22H23N3O5. The van der Waals surface area contributed by atoms with Crippen molar-refractivity contribution in [3.63, 3.8) is 0 Å². The Balaban J connectivity index is 1.71. The number of nitrogens with zero attached hydrogens (tertiary/aromatic N) is 3. The molecule has 2 heterocycles. The van der Waals surface area contributed by atoms with Crippen molar-refractivity contribution in [2.75, 3.05) is 25.1 Å². The average Bonchev–Trinajstić information content (AvgIpc) is 3.05. The number of rotatable bonds is 5. The third kappa shape index (κ3) is 3.60. The number of ether oxygens (including phenoxy) is 1. The van der Waals surface area contributed by atoms with Gasteiger partial charge in [-0.25, -0.2) is 0 Å². The fourth-order valence-electron chi connectivity index (χ4n) is 4.22. The summed E-state index contributed by atoms with van der Waals surface area (Å²) in [7, 11) is 1.56. The first-order valence-corrected chi connectivity index (χ1v) is 10.0. The first kappa shape index (κ1) is 19.9. The molecule has 0 bridgehead atoms. The Labute approximate surface area is 174 Å². The highest BCUT2D eigenvalue weighted by atomic mass is 16.6. The van der Waals surface area contributed by atoms with Gasteiger partial charge in [0.2, 0.25) is 5.91 Å². The lowest BCUT2D eigenvalue weighted by molar-refractivity contribution is -0.384. The molecule has 2 amide bonds. The minimum absolute atomic E-state index is 0.00258. The maximum Gasteiger partial charge on any atom is 0.270 e. The second-order valence-corrected chi connectivity index (χ2v) is 7.56. The van der Waals surface area contributed by atoms with Crippen LogP contribution in [-0.4, -0.2) is 41.8 Å². The van der Waals surface area contributed by atoms with Crippen LogP contribution < -0.4 is 9.64 Å². The number of fused-ring (bicyclic) bond motifs is 1. The van der Waals surface area contributed by atoms with Gasteiger partial charge in [-0.15, -0.1) is 0 Å². The molecule has 0 aromatic heterocycles. The summed E-state index contributed by atoms with van der Waals surface area (Å²) in [6.45, 7) is 1.46. The van der Waals surface area contributed by atoms with E-state index in [4.69, 9.17) is 4.74 Å². The van der Waals surface area contributed by atoms with E-state index in [0.717, 1.165) is 32.4 Å². The lowest BCUT2D eigenvalue weighted by atomic mass is 10.00. The summed E-state index contributed by atoms with van der Waals surface area (Å²) in [6.07, 6.45) is 3.24. The molecule has 2 aromatic rings. The van der Waals surface area contributed by atoms with E-state index >= 15 is 0 Å². The molecule has 4 rings (SSSR count). The summed E-state index contributed by atoms with van der Waals surface area (Å²) < 4.78 is 5.19. The van der Waals surface area contributed by atoms with Gasteiger partial charge >= 0.3 is 0 Å². The van der Waals surface area contributed by atoms with Gasteiger partial charge in [0, 0.05) is 30.9 Å². The van der Waals surface area contributed by atoms with Crippen LogP contribution in [0.5, 0.6) is 5.75 Å². The van der Waals surface area contributed by atoms with Gasteiger partial charge in [0.1, 0.15) is 5.75 Å². The van der Waals surface area contributed by atoms with E-state index in [1.165, 1.54) is 12.1 Å². The summed E-state index contributed by atoms with van der Waals surface area (Å²) in [4.78, 5) is 40.3. The number of non-ortho nitro benzene ring substituents is 1. The van der Waals surface area contributed by atoms with Crippen molar-refractivity contribution in [1.82, 2.24) is 4.90 Å². The fourth-order valence-corrected chi connectivity index (χ4v) is 4.22. The standard InChI is InChI=1S/C22H23N3O5/c1-30-17-8-5-15(6-9-17)24-20(14-21(26)23-11-3-2-4-12-23)18-10-7-16(25(28)29)13-19(18)22(24)27/h5-10,13,20H,2-4,11-12,14H2,1H3. The van der Waals surface area contributed by atoms with Crippen LogP contribution in [0.15, 0.2) is 42.5 Å². The van der Waals surface area contributed by atoms with Gasteiger partial charge in [0.05, 0.1) is 30.1 Å². The molecule has 2 aliphatic heterocycles. The predicted octanol–water partition coefficient (Wildman–Crippen LogP) is 3.71. The number of carbonyl (C=O) groups is 2. The van der Waals surface area contributed by atoms with Crippen molar-refractivity contribution in [2.24, 2.45) is 0 Å². The SMILES string of the molecule is COc1ccc(N2C(=O)c3cc([N+](=O)[O-])ccc3C2CC(=O)N2CCCCC2)cc1. The molecule has 1 saturated heterocycles. The quantitative estimate of drug-likeness (QED) is 0.554. The van der Waals surface area contributed by atoms with E-state index in [-0.39, 0.29) is 29.5 Å². The molecule has 0 saturated carbocycles. The smallest absolute Gasteiger partial charge is 0.270 e. The Hall–Kier alpha value is -3.42. The predicted molar refractivity (Wildman–Crippen MR) is 111 cm³/mol. The Morgan fingerprint density at radius 1 is 1.13 bits per heavy atom. The first-order valence-electron chi connectivity index (χ1n) is 10.0. The topological polar surface area (TPSA) is 93.0 Å². The van der Waals surface area contributed by atoms with Gasteiger partial charge in [-0.2, -0.15) is 0 Å². The molecule has 0 aliphatic carbocycles. The molecule has 8 nitrogen and oxygen atoms in total. The molecule has 0 spiro atoms. The van der Waals surface area contributed by atoms with Crippen molar-refractivity contribution >= 4 is 23.2 Å². The van der Waals surface area contributed by atoms with Gasteiger partial charge in [-0.05, 0) is 55.2 Å². The molecule has 0 N–H and O–H groups in total. The molecule has 2 aromatic carbocycles. The molecule has 156 valence electrons. The number of nitro groups is 1. The molecule has 1 atom stereocenters. The highest BCUT2D eigenvalue weighted by molar-refractivity contribution is 6.12. The molecule has 8 heteroatoms. The summed E-state index contributed by atoms with van der Waals surface area (Å²) in [5.74, 6) is 0.312. The minimum atomic E-state index is -0.516. The number of hydrogen-bond acceptors (Lipinski definition) is 5. The number of amides is 2. The molecule has 2 aliphatic rings.